The Morgan fingerprint density at radius 1 is 1.42 bits per heavy atom. The van der Waals surface area contributed by atoms with Crippen molar-refractivity contribution in [2.24, 2.45) is 5.73 Å². The van der Waals surface area contributed by atoms with Crippen molar-refractivity contribution in [3.05, 3.63) is 11.6 Å². The average Bonchev–Trinajstić information content (AvgIpc) is 2.63. The van der Waals surface area contributed by atoms with Gasteiger partial charge in [-0.05, 0) is 46.6 Å². The van der Waals surface area contributed by atoms with E-state index in [4.69, 9.17) is 5.73 Å². The number of primary amides is 1. The Morgan fingerprint density at radius 3 is 2.58 bits per heavy atom. The molecule has 0 fully saturated rings. The second-order valence-electron chi connectivity index (χ2n) is 5.11. The molecule has 0 saturated heterocycles. The number of amides is 1. The molecule has 108 valence electrons. The predicted molar refractivity (Wildman–Crippen MR) is 74.6 cm³/mol. The van der Waals surface area contributed by atoms with Crippen LogP contribution >= 0.6 is 0 Å². The Morgan fingerprint density at radius 2 is 2.11 bits per heavy atom. The molecule has 0 radical (unpaired) electrons. The summed E-state index contributed by atoms with van der Waals surface area (Å²) < 4.78 is 1.91. The number of hydrogen-bond donors (Lipinski definition) is 2. The van der Waals surface area contributed by atoms with Crippen LogP contribution in [-0.4, -0.2) is 32.8 Å². The van der Waals surface area contributed by atoms with Gasteiger partial charge in [0.25, 0.3) is 0 Å². The third-order valence-corrected chi connectivity index (χ3v) is 3.37. The van der Waals surface area contributed by atoms with Gasteiger partial charge in [-0.3, -0.25) is 9.48 Å². The number of carbonyl (C=O) groups excluding carboxylic acids is 1. The summed E-state index contributed by atoms with van der Waals surface area (Å²) in [7, 11) is 0. The molecule has 0 saturated carbocycles. The van der Waals surface area contributed by atoms with Crippen molar-refractivity contribution in [1.82, 2.24) is 20.1 Å². The Hall–Kier alpha value is -1.43. The normalized spacial score (nSPS) is 14.3. The molecule has 19 heavy (non-hydrogen) atoms. The van der Waals surface area contributed by atoms with Crippen LogP contribution in [0.25, 0.3) is 0 Å². The fraction of sp³-hybridized carbons (Fsp3) is 0.769. The molecule has 0 bridgehead atoms. The molecule has 1 heterocycles. The largest absolute Gasteiger partial charge is 0.368 e. The summed E-state index contributed by atoms with van der Waals surface area (Å²) in [6, 6.07) is 0. The minimum atomic E-state index is -0.609. The minimum Gasteiger partial charge on any atom is -0.368 e. The van der Waals surface area contributed by atoms with E-state index in [-0.39, 0.29) is 5.91 Å². The Bertz CT molecular complexity index is 429. The lowest BCUT2D eigenvalue weighted by molar-refractivity contribution is -0.124. The number of nitrogens with two attached hydrogens (primary N) is 1. The Labute approximate surface area is 114 Å². The van der Waals surface area contributed by atoms with Crippen LogP contribution in [0.1, 0.15) is 44.8 Å². The number of nitrogens with one attached hydrogen (secondary N) is 1. The third-order valence-electron chi connectivity index (χ3n) is 3.37. The van der Waals surface area contributed by atoms with E-state index >= 15 is 0 Å². The van der Waals surface area contributed by atoms with Gasteiger partial charge >= 0.3 is 0 Å². The van der Waals surface area contributed by atoms with Crippen LogP contribution in [0, 0.1) is 13.8 Å². The number of rotatable bonds is 8. The molecule has 0 aromatic carbocycles. The number of hydrogen-bond acceptors (Lipinski definition) is 4. The van der Waals surface area contributed by atoms with E-state index in [0.717, 1.165) is 44.0 Å². The fourth-order valence-corrected chi connectivity index (χ4v) is 2.20. The van der Waals surface area contributed by atoms with Crippen LogP contribution in [0.15, 0.2) is 0 Å². The van der Waals surface area contributed by atoms with Crippen molar-refractivity contribution in [2.45, 2.75) is 59.0 Å². The molecule has 1 unspecified atom stereocenters. The second kappa shape index (κ2) is 6.65. The standard InChI is InChI=1S/C13H25N5O/c1-5-15-13(4,12(14)19)8-6-7-9-18-11(3)16-10(2)17-18/h15H,5-9H2,1-4H3,(H2,14,19). The number of aromatic nitrogens is 3. The van der Waals surface area contributed by atoms with Gasteiger partial charge in [-0.2, -0.15) is 5.10 Å². The van der Waals surface area contributed by atoms with Crippen LogP contribution < -0.4 is 11.1 Å². The highest BCUT2D eigenvalue weighted by molar-refractivity contribution is 5.84. The number of carbonyl (C=O) groups is 1. The van der Waals surface area contributed by atoms with Crippen LogP contribution in [-0.2, 0) is 11.3 Å². The molecular formula is C13H25N5O. The van der Waals surface area contributed by atoms with Gasteiger partial charge in [0.1, 0.15) is 11.6 Å². The first-order valence-electron chi connectivity index (χ1n) is 6.82. The molecule has 1 amide bonds. The first kappa shape index (κ1) is 15.6. The molecule has 0 aliphatic carbocycles. The van der Waals surface area contributed by atoms with Crippen molar-refractivity contribution in [1.29, 1.82) is 0 Å². The van der Waals surface area contributed by atoms with Crippen molar-refractivity contribution >= 4 is 5.91 Å². The summed E-state index contributed by atoms with van der Waals surface area (Å²) in [5.41, 5.74) is 4.84. The van der Waals surface area contributed by atoms with Gasteiger partial charge in [-0.15, -0.1) is 0 Å². The molecule has 1 aromatic heterocycles. The average molecular weight is 267 g/mol. The molecule has 3 N–H and O–H groups in total. The minimum absolute atomic E-state index is 0.290. The summed E-state index contributed by atoms with van der Waals surface area (Å²) in [4.78, 5) is 15.7. The lowest BCUT2D eigenvalue weighted by atomic mass is 9.94. The number of likely N-dealkylation sites (N-methyl/N-ethyl adjacent to an activating group) is 1. The highest BCUT2D eigenvalue weighted by Gasteiger charge is 2.28. The zero-order valence-corrected chi connectivity index (χ0v) is 12.4. The number of unbranched alkanes of at least 4 members (excludes halogenated alkanes) is 1. The van der Waals surface area contributed by atoms with E-state index in [1.807, 2.05) is 32.4 Å². The van der Waals surface area contributed by atoms with Gasteiger partial charge < -0.3 is 11.1 Å². The fourth-order valence-electron chi connectivity index (χ4n) is 2.20. The highest BCUT2D eigenvalue weighted by atomic mass is 16.1. The molecule has 1 atom stereocenters. The number of nitrogens with zero attached hydrogens (tertiary/aromatic N) is 3. The van der Waals surface area contributed by atoms with E-state index in [9.17, 15) is 4.79 Å². The maximum absolute atomic E-state index is 11.5. The molecule has 6 nitrogen and oxygen atoms in total. The molecular weight excluding hydrogens is 242 g/mol. The van der Waals surface area contributed by atoms with Gasteiger partial charge in [0.05, 0.1) is 5.54 Å². The van der Waals surface area contributed by atoms with Crippen molar-refractivity contribution in [2.75, 3.05) is 6.54 Å². The monoisotopic (exact) mass is 267 g/mol. The summed E-state index contributed by atoms with van der Waals surface area (Å²) >= 11 is 0. The zero-order chi connectivity index (χ0) is 14.5. The van der Waals surface area contributed by atoms with E-state index in [1.165, 1.54) is 0 Å². The summed E-state index contributed by atoms with van der Waals surface area (Å²) in [5, 5.41) is 7.48. The highest BCUT2D eigenvalue weighted by Crippen LogP contribution is 2.14. The molecule has 0 aliphatic rings. The quantitative estimate of drug-likeness (QED) is 0.686. The Kier molecular flexibility index (Phi) is 5.47. The Balaban J connectivity index is 2.41. The maximum atomic E-state index is 11.5. The second-order valence-corrected chi connectivity index (χ2v) is 5.11. The summed E-state index contributed by atoms with van der Waals surface area (Å²) in [6.07, 6.45) is 2.62. The summed E-state index contributed by atoms with van der Waals surface area (Å²) in [5.74, 6) is 1.44. The lowest BCUT2D eigenvalue weighted by Crippen LogP contribution is -2.52. The van der Waals surface area contributed by atoms with Crippen LogP contribution in [0.4, 0.5) is 0 Å². The SMILES string of the molecule is CCNC(C)(CCCCn1nc(C)nc1C)C(N)=O. The van der Waals surface area contributed by atoms with Crippen molar-refractivity contribution in [3.8, 4) is 0 Å². The first-order chi connectivity index (χ1) is 8.89. The molecule has 0 aliphatic heterocycles. The van der Waals surface area contributed by atoms with Gasteiger partial charge in [0, 0.05) is 6.54 Å². The van der Waals surface area contributed by atoms with Crippen LogP contribution in [0.5, 0.6) is 0 Å². The predicted octanol–water partition coefficient (Wildman–Crippen LogP) is 0.919. The van der Waals surface area contributed by atoms with Crippen LogP contribution in [0.3, 0.4) is 0 Å². The van der Waals surface area contributed by atoms with Gasteiger partial charge in [0.15, 0.2) is 0 Å². The van der Waals surface area contributed by atoms with Crippen molar-refractivity contribution < 1.29 is 4.79 Å². The number of aryl methyl sites for hydroxylation is 3. The first-order valence-corrected chi connectivity index (χ1v) is 6.82. The van der Waals surface area contributed by atoms with E-state index in [0.29, 0.717) is 0 Å². The molecule has 6 heteroatoms. The lowest BCUT2D eigenvalue weighted by Gasteiger charge is -2.26. The molecule has 0 spiro atoms. The van der Waals surface area contributed by atoms with Crippen LogP contribution in [0.2, 0.25) is 0 Å². The van der Waals surface area contributed by atoms with Gasteiger partial charge in [0.2, 0.25) is 5.91 Å². The summed E-state index contributed by atoms with van der Waals surface area (Å²) in [6.45, 7) is 9.24. The van der Waals surface area contributed by atoms with Gasteiger partial charge in [-0.25, -0.2) is 4.98 Å². The third kappa shape index (κ3) is 4.31. The van der Waals surface area contributed by atoms with E-state index in [2.05, 4.69) is 15.4 Å². The smallest absolute Gasteiger partial charge is 0.237 e. The van der Waals surface area contributed by atoms with E-state index in [1.54, 1.807) is 0 Å². The van der Waals surface area contributed by atoms with Gasteiger partial charge in [-0.1, -0.05) is 6.92 Å². The zero-order valence-electron chi connectivity index (χ0n) is 12.4. The molecule has 1 rings (SSSR count). The van der Waals surface area contributed by atoms with E-state index < -0.39 is 5.54 Å². The maximum Gasteiger partial charge on any atom is 0.237 e. The van der Waals surface area contributed by atoms with Crippen molar-refractivity contribution in [3.63, 3.8) is 0 Å². The topological polar surface area (TPSA) is 85.8 Å². The molecule has 1 aromatic rings.